The summed E-state index contributed by atoms with van der Waals surface area (Å²) in [6.07, 6.45) is 3.60. The van der Waals surface area contributed by atoms with E-state index in [1.165, 1.54) is 0 Å². The van der Waals surface area contributed by atoms with Crippen LogP contribution in [0, 0.1) is 6.20 Å². The Kier molecular flexibility index (Phi) is 3.55. The maximum absolute atomic E-state index is 12.1. The number of ketones is 1. The molecule has 17 heavy (non-hydrogen) atoms. The lowest BCUT2D eigenvalue weighted by Gasteiger charge is -2.01. The van der Waals surface area contributed by atoms with Gasteiger partial charge < -0.3 is 0 Å². The topological polar surface area (TPSA) is 30.0 Å². The summed E-state index contributed by atoms with van der Waals surface area (Å²) < 4.78 is 0. The summed E-state index contributed by atoms with van der Waals surface area (Å²) in [5.41, 5.74) is 1.94. The van der Waals surface area contributed by atoms with Gasteiger partial charge in [0.05, 0.1) is 5.56 Å². The van der Waals surface area contributed by atoms with Gasteiger partial charge in [-0.3, -0.25) is 9.78 Å². The number of hydrogen-bond donors (Lipinski definition) is 0. The summed E-state index contributed by atoms with van der Waals surface area (Å²) >= 11 is 5.85. The first-order valence-electron chi connectivity index (χ1n) is 5.38. The van der Waals surface area contributed by atoms with E-state index in [1.807, 2.05) is 13.0 Å². The van der Waals surface area contributed by atoms with Crippen molar-refractivity contribution in [1.82, 2.24) is 4.98 Å². The Morgan fingerprint density at radius 2 is 2.18 bits per heavy atom. The maximum Gasteiger partial charge on any atom is 0.195 e. The average Bonchev–Trinajstić information content (AvgIpc) is 2.38. The first kappa shape index (κ1) is 11.8. The molecule has 2 rings (SSSR count). The van der Waals surface area contributed by atoms with Gasteiger partial charge in [-0.25, -0.2) is 0 Å². The van der Waals surface area contributed by atoms with Crippen LogP contribution >= 0.6 is 11.6 Å². The highest BCUT2D eigenvalue weighted by Gasteiger charge is 2.09. The van der Waals surface area contributed by atoms with Crippen LogP contribution < -0.4 is 0 Å². The molecular weight excluding hydrogens is 234 g/mol. The maximum atomic E-state index is 12.1. The molecule has 2 nitrogen and oxygen atoms in total. The minimum absolute atomic E-state index is 0.109. The summed E-state index contributed by atoms with van der Waals surface area (Å²) in [5, 5.41) is 0.550. The number of rotatable bonds is 3. The third-order valence-electron chi connectivity index (χ3n) is 2.46. The summed E-state index contributed by atoms with van der Waals surface area (Å²) in [5.74, 6) is -0.109. The van der Waals surface area contributed by atoms with Gasteiger partial charge in [-0.15, -0.1) is 0 Å². The average molecular weight is 245 g/mol. The van der Waals surface area contributed by atoms with E-state index in [1.54, 1.807) is 30.3 Å². The largest absolute Gasteiger partial charge is 0.289 e. The molecule has 1 aromatic carbocycles. The quantitative estimate of drug-likeness (QED) is 0.776. The van der Waals surface area contributed by atoms with Gasteiger partial charge in [0.1, 0.15) is 6.20 Å². The van der Waals surface area contributed by atoms with Crippen LogP contribution in [-0.2, 0) is 6.42 Å². The molecule has 0 aliphatic rings. The number of pyridine rings is 1. The van der Waals surface area contributed by atoms with Crippen molar-refractivity contribution in [2.24, 2.45) is 0 Å². The number of benzene rings is 1. The minimum atomic E-state index is -0.109. The van der Waals surface area contributed by atoms with Crippen LogP contribution in [0.2, 0.25) is 5.02 Å². The van der Waals surface area contributed by atoms with E-state index in [-0.39, 0.29) is 5.78 Å². The summed E-state index contributed by atoms with van der Waals surface area (Å²) in [6.45, 7) is 2.01. The zero-order valence-electron chi connectivity index (χ0n) is 9.40. The molecule has 0 amide bonds. The molecule has 3 heteroatoms. The Morgan fingerprint density at radius 1 is 1.35 bits per heavy atom. The van der Waals surface area contributed by atoms with Gasteiger partial charge in [0.2, 0.25) is 0 Å². The molecule has 0 aliphatic heterocycles. The molecular formula is C14H11ClNO. The van der Waals surface area contributed by atoms with Crippen LogP contribution in [-0.4, -0.2) is 10.8 Å². The van der Waals surface area contributed by atoms with Gasteiger partial charge >= 0.3 is 0 Å². The molecule has 0 fully saturated rings. The zero-order chi connectivity index (χ0) is 12.3. The number of hydrogen-bond acceptors (Lipinski definition) is 2. The van der Waals surface area contributed by atoms with Gasteiger partial charge in [-0.05, 0) is 30.7 Å². The fraction of sp³-hybridized carbons (Fsp3) is 0.143. The number of aryl methyl sites for hydroxylation is 1. The van der Waals surface area contributed by atoms with E-state index < -0.39 is 0 Å². The first-order chi connectivity index (χ1) is 8.20. The molecule has 85 valence electrons. The van der Waals surface area contributed by atoms with Crippen LogP contribution in [0.1, 0.15) is 28.5 Å². The molecule has 0 atom stereocenters. The molecule has 0 N–H and O–H groups in total. The van der Waals surface area contributed by atoms with Crippen molar-refractivity contribution in [1.29, 1.82) is 0 Å². The lowest BCUT2D eigenvalue weighted by molar-refractivity contribution is 0.103. The normalized spacial score (nSPS) is 10.2. The zero-order valence-corrected chi connectivity index (χ0v) is 10.2. The molecule has 0 aliphatic carbocycles. The highest BCUT2D eigenvalue weighted by molar-refractivity contribution is 6.31. The second-order valence-electron chi connectivity index (χ2n) is 3.65. The van der Waals surface area contributed by atoms with Crippen LogP contribution in [0.3, 0.4) is 0 Å². The number of nitrogens with zero attached hydrogens (tertiary/aromatic N) is 1. The first-order valence-corrected chi connectivity index (χ1v) is 5.76. The van der Waals surface area contributed by atoms with Crippen LogP contribution in [0.15, 0.2) is 36.4 Å². The summed E-state index contributed by atoms with van der Waals surface area (Å²) in [7, 11) is 0. The number of aromatic nitrogens is 1. The van der Waals surface area contributed by atoms with E-state index in [2.05, 4.69) is 11.2 Å². The van der Waals surface area contributed by atoms with Gasteiger partial charge in [-0.2, -0.15) is 0 Å². The SMILES string of the molecule is CCc1ccc(C(=O)c2cccc(Cl)c2)[c]n1. The molecule has 0 saturated heterocycles. The van der Waals surface area contributed by atoms with Crippen molar-refractivity contribution >= 4 is 17.4 Å². The fourth-order valence-corrected chi connectivity index (χ4v) is 1.68. The summed E-state index contributed by atoms with van der Waals surface area (Å²) in [4.78, 5) is 16.2. The second-order valence-corrected chi connectivity index (χ2v) is 4.09. The van der Waals surface area contributed by atoms with Crippen molar-refractivity contribution in [2.75, 3.05) is 0 Å². The second kappa shape index (κ2) is 5.11. The Hall–Kier alpha value is -1.67. The molecule has 0 unspecified atom stereocenters. The van der Waals surface area contributed by atoms with E-state index in [0.29, 0.717) is 16.1 Å². The predicted molar refractivity (Wildman–Crippen MR) is 67.3 cm³/mol. The van der Waals surface area contributed by atoms with Crippen LogP contribution in [0.4, 0.5) is 0 Å². The highest BCUT2D eigenvalue weighted by Crippen LogP contribution is 2.14. The molecule has 1 heterocycles. The van der Waals surface area contributed by atoms with Crippen molar-refractivity contribution in [3.63, 3.8) is 0 Å². The van der Waals surface area contributed by atoms with E-state index >= 15 is 0 Å². The standard InChI is InChI=1S/C14H11ClNO/c1-2-13-7-6-11(9-16-13)14(17)10-4-3-5-12(15)8-10/h3-8H,2H2,1H3. The lowest BCUT2D eigenvalue weighted by atomic mass is 10.0. The summed E-state index contributed by atoms with van der Waals surface area (Å²) in [6, 6.07) is 10.5. The van der Waals surface area contributed by atoms with Gasteiger partial charge in [0, 0.05) is 16.3 Å². The third kappa shape index (κ3) is 2.71. The third-order valence-corrected chi connectivity index (χ3v) is 2.69. The smallest absolute Gasteiger partial charge is 0.195 e. The Bertz CT molecular complexity index is 534. The van der Waals surface area contributed by atoms with Crippen LogP contribution in [0.5, 0.6) is 0 Å². The predicted octanol–water partition coefficient (Wildman–Crippen LogP) is 3.33. The fourth-order valence-electron chi connectivity index (χ4n) is 1.49. The van der Waals surface area contributed by atoms with Crippen molar-refractivity contribution in [2.45, 2.75) is 13.3 Å². The molecule has 1 radical (unpaired) electrons. The Morgan fingerprint density at radius 3 is 2.76 bits per heavy atom. The highest BCUT2D eigenvalue weighted by atomic mass is 35.5. The Balaban J connectivity index is 2.30. The molecule has 1 aromatic heterocycles. The molecule has 0 saturated carbocycles. The van der Waals surface area contributed by atoms with Crippen molar-refractivity contribution in [3.8, 4) is 0 Å². The van der Waals surface area contributed by atoms with Crippen LogP contribution in [0.25, 0.3) is 0 Å². The minimum Gasteiger partial charge on any atom is -0.289 e. The molecule has 2 aromatic rings. The molecule has 0 bridgehead atoms. The number of carbonyl (C=O) groups excluding carboxylic acids is 1. The monoisotopic (exact) mass is 244 g/mol. The van der Waals surface area contributed by atoms with Gasteiger partial charge in [0.25, 0.3) is 0 Å². The Labute approximate surface area is 105 Å². The van der Waals surface area contributed by atoms with Crippen molar-refractivity contribution < 1.29 is 4.79 Å². The number of halogens is 1. The van der Waals surface area contributed by atoms with Gasteiger partial charge in [-0.1, -0.05) is 30.7 Å². The van der Waals surface area contributed by atoms with Crippen molar-refractivity contribution in [3.05, 3.63) is 64.4 Å². The van der Waals surface area contributed by atoms with E-state index in [0.717, 1.165) is 12.1 Å². The number of carbonyl (C=O) groups is 1. The van der Waals surface area contributed by atoms with E-state index in [4.69, 9.17) is 11.6 Å². The molecule has 0 spiro atoms. The van der Waals surface area contributed by atoms with E-state index in [9.17, 15) is 4.79 Å². The van der Waals surface area contributed by atoms with Gasteiger partial charge in [0.15, 0.2) is 5.78 Å². The lowest BCUT2D eigenvalue weighted by Crippen LogP contribution is -2.02.